The molecule has 0 aromatic heterocycles. The number of rotatable bonds is 1. The van der Waals surface area contributed by atoms with Crippen LogP contribution >= 0.6 is 11.8 Å². The second kappa shape index (κ2) is 3.87. The number of carbonyl (C=O) groups is 1. The summed E-state index contributed by atoms with van der Waals surface area (Å²) < 4.78 is 0. The quantitative estimate of drug-likeness (QED) is 0.791. The van der Waals surface area contributed by atoms with Crippen LogP contribution in [-0.4, -0.2) is 23.1 Å². The highest BCUT2D eigenvalue weighted by atomic mass is 32.2. The highest BCUT2D eigenvalue weighted by Gasteiger charge is 2.53. The summed E-state index contributed by atoms with van der Waals surface area (Å²) in [6.45, 7) is 0.826. The van der Waals surface area contributed by atoms with Crippen LogP contribution in [0.15, 0.2) is 54.6 Å². The summed E-state index contributed by atoms with van der Waals surface area (Å²) in [5, 5.41) is 0. The standard InChI is InChI=1S/C16H13NOS/c18-15-13-8-4-5-9-14(13)16(17(15)10-11-19-16)12-6-2-1-3-7-12/h1-9H,10-11H2/t16-/m0/s1. The summed E-state index contributed by atoms with van der Waals surface area (Å²) in [6, 6.07) is 18.4. The van der Waals surface area contributed by atoms with E-state index in [2.05, 4.69) is 18.2 Å². The maximum atomic E-state index is 12.6. The summed E-state index contributed by atoms with van der Waals surface area (Å²) in [4.78, 5) is 14.3. The molecule has 3 heteroatoms. The predicted molar refractivity (Wildman–Crippen MR) is 77.2 cm³/mol. The van der Waals surface area contributed by atoms with Gasteiger partial charge in [0, 0.05) is 23.4 Å². The lowest BCUT2D eigenvalue weighted by atomic mass is 9.97. The van der Waals surface area contributed by atoms with Crippen molar-refractivity contribution in [3.05, 3.63) is 71.3 Å². The Labute approximate surface area is 116 Å². The van der Waals surface area contributed by atoms with E-state index >= 15 is 0 Å². The monoisotopic (exact) mass is 267 g/mol. The van der Waals surface area contributed by atoms with Crippen LogP contribution in [0, 0.1) is 0 Å². The Kier molecular flexibility index (Phi) is 2.27. The Morgan fingerprint density at radius 1 is 1.00 bits per heavy atom. The average Bonchev–Trinajstić information content (AvgIpc) is 3.01. The Bertz CT molecular complexity index is 655. The fourth-order valence-electron chi connectivity index (χ4n) is 3.16. The van der Waals surface area contributed by atoms with Gasteiger partial charge in [-0.25, -0.2) is 0 Å². The highest BCUT2D eigenvalue weighted by Crippen LogP contribution is 2.54. The third-order valence-electron chi connectivity index (χ3n) is 3.94. The molecule has 94 valence electrons. The molecule has 2 aliphatic heterocycles. The number of nitrogens with zero attached hydrogens (tertiary/aromatic N) is 1. The molecule has 1 amide bonds. The zero-order valence-electron chi connectivity index (χ0n) is 10.4. The average molecular weight is 267 g/mol. The third-order valence-corrected chi connectivity index (χ3v) is 5.42. The van der Waals surface area contributed by atoms with Gasteiger partial charge in [-0.2, -0.15) is 0 Å². The van der Waals surface area contributed by atoms with Crippen molar-refractivity contribution in [3.8, 4) is 0 Å². The number of hydrogen-bond donors (Lipinski definition) is 0. The Morgan fingerprint density at radius 3 is 2.58 bits per heavy atom. The van der Waals surface area contributed by atoms with Gasteiger partial charge in [0.2, 0.25) is 0 Å². The molecule has 0 radical (unpaired) electrons. The van der Waals surface area contributed by atoms with E-state index in [1.165, 1.54) is 5.56 Å². The van der Waals surface area contributed by atoms with E-state index in [1.807, 2.05) is 53.1 Å². The molecule has 4 rings (SSSR count). The number of amides is 1. The van der Waals surface area contributed by atoms with Crippen LogP contribution in [0.3, 0.4) is 0 Å². The van der Waals surface area contributed by atoms with Crippen molar-refractivity contribution >= 4 is 17.7 Å². The van der Waals surface area contributed by atoms with Crippen molar-refractivity contribution in [1.29, 1.82) is 0 Å². The zero-order chi connectivity index (χ0) is 12.9. The van der Waals surface area contributed by atoms with Gasteiger partial charge >= 0.3 is 0 Å². The fraction of sp³-hybridized carbons (Fsp3) is 0.188. The first-order chi connectivity index (χ1) is 9.34. The van der Waals surface area contributed by atoms with Crippen molar-refractivity contribution in [3.63, 3.8) is 0 Å². The van der Waals surface area contributed by atoms with Crippen LogP contribution in [0.4, 0.5) is 0 Å². The Balaban J connectivity index is 2.02. The maximum absolute atomic E-state index is 12.6. The smallest absolute Gasteiger partial charge is 0.255 e. The second-order valence-corrected chi connectivity index (χ2v) is 6.15. The van der Waals surface area contributed by atoms with E-state index in [9.17, 15) is 4.79 Å². The minimum absolute atomic E-state index is 0.171. The highest BCUT2D eigenvalue weighted by molar-refractivity contribution is 8.00. The normalized spacial score (nSPS) is 24.4. The van der Waals surface area contributed by atoms with Crippen molar-refractivity contribution in [2.45, 2.75) is 4.87 Å². The van der Waals surface area contributed by atoms with Gasteiger partial charge in [0.25, 0.3) is 5.91 Å². The lowest BCUT2D eigenvalue weighted by molar-refractivity contribution is 0.0752. The van der Waals surface area contributed by atoms with Crippen LogP contribution in [0.25, 0.3) is 0 Å². The summed E-state index contributed by atoms with van der Waals surface area (Å²) in [6.07, 6.45) is 0. The Hall–Kier alpha value is -1.74. The molecule has 1 saturated heterocycles. The van der Waals surface area contributed by atoms with E-state index in [1.54, 1.807) is 0 Å². The van der Waals surface area contributed by atoms with E-state index in [4.69, 9.17) is 0 Å². The summed E-state index contributed by atoms with van der Waals surface area (Å²) in [5.74, 6) is 1.17. The fourth-order valence-corrected chi connectivity index (χ4v) is 4.69. The van der Waals surface area contributed by atoms with Crippen molar-refractivity contribution in [2.24, 2.45) is 0 Å². The number of thioether (sulfide) groups is 1. The second-order valence-electron chi connectivity index (χ2n) is 4.86. The number of benzene rings is 2. The summed E-state index contributed by atoms with van der Waals surface area (Å²) >= 11 is 1.87. The van der Waals surface area contributed by atoms with E-state index in [0.29, 0.717) is 0 Å². The van der Waals surface area contributed by atoms with Crippen LogP contribution in [0.2, 0.25) is 0 Å². The van der Waals surface area contributed by atoms with E-state index in [0.717, 1.165) is 23.4 Å². The van der Waals surface area contributed by atoms with Gasteiger partial charge < -0.3 is 4.90 Å². The molecular weight excluding hydrogens is 254 g/mol. The Morgan fingerprint density at radius 2 is 1.74 bits per heavy atom. The van der Waals surface area contributed by atoms with Crippen LogP contribution in [0.1, 0.15) is 21.5 Å². The molecule has 0 bridgehead atoms. The first-order valence-electron chi connectivity index (χ1n) is 6.45. The maximum Gasteiger partial charge on any atom is 0.255 e. The number of fused-ring (bicyclic) bond motifs is 3. The lowest BCUT2D eigenvalue weighted by Gasteiger charge is -2.32. The van der Waals surface area contributed by atoms with Crippen LogP contribution in [-0.2, 0) is 4.87 Å². The molecule has 1 atom stereocenters. The molecular formula is C16H13NOS. The number of hydrogen-bond acceptors (Lipinski definition) is 2. The number of carbonyl (C=O) groups excluding carboxylic acids is 1. The van der Waals surface area contributed by atoms with Gasteiger partial charge in [0.05, 0.1) is 0 Å². The first kappa shape index (κ1) is 11.1. The predicted octanol–water partition coefficient (Wildman–Crippen LogP) is 3.09. The van der Waals surface area contributed by atoms with Crippen LogP contribution in [0.5, 0.6) is 0 Å². The molecule has 0 N–H and O–H groups in total. The van der Waals surface area contributed by atoms with E-state index in [-0.39, 0.29) is 10.8 Å². The molecule has 19 heavy (non-hydrogen) atoms. The molecule has 2 aromatic rings. The van der Waals surface area contributed by atoms with Gasteiger partial charge in [-0.1, -0.05) is 48.5 Å². The van der Waals surface area contributed by atoms with Gasteiger partial charge in [-0.15, -0.1) is 11.8 Å². The zero-order valence-corrected chi connectivity index (χ0v) is 11.2. The lowest BCUT2D eigenvalue weighted by Crippen LogP contribution is -2.37. The molecule has 2 aliphatic rings. The SMILES string of the molecule is O=C1c2ccccc2[C@]2(c3ccccc3)SCCN12. The van der Waals surface area contributed by atoms with Crippen molar-refractivity contribution < 1.29 is 4.79 Å². The summed E-state index contributed by atoms with van der Waals surface area (Å²) in [7, 11) is 0. The molecule has 0 spiro atoms. The minimum Gasteiger partial charge on any atom is -0.315 e. The molecule has 2 nitrogen and oxygen atoms in total. The van der Waals surface area contributed by atoms with Gasteiger partial charge in [-0.05, 0) is 11.6 Å². The van der Waals surface area contributed by atoms with Gasteiger partial charge in [-0.3, -0.25) is 4.79 Å². The van der Waals surface area contributed by atoms with Gasteiger partial charge in [0.15, 0.2) is 0 Å². The molecule has 0 aliphatic carbocycles. The molecule has 1 fully saturated rings. The van der Waals surface area contributed by atoms with Crippen LogP contribution < -0.4 is 0 Å². The topological polar surface area (TPSA) is 20.3 Å². The van der Waals surface area contributed by atoms with Gasteiger partial charge in [0.1, 0.15) is 4.87 Å². The largest absolute Gasteiger partial charge is 0.315 e. The first-order valence-corrected chi connectivity index (χ1v) is 7.43. The molecule has 0 saturated carbocycles. The molecule has 0 unspecified atom stereocenters. The van der Waals surface area contributed by atoms with Crippen molar-refractivity contribution in [2.75, 3.05) is 12.3 Å². The third kappa shape index (κ3) is 1.31. The summed E-state index contributed by atoms with van der Waals surface area (Å²) in [5.41, 5.74) is 3.21. The van der Waals surface area contributed by atoms with Crippen molar-refractivity contribution in [1.82, 2.24) is 4.90 Å². The minimum atomic E-state index is -0.297. The molecule has 2 heterocycles. The van der Waals surface area contributed by atoms with E-state index < -0.39 is 0 Å². The molecule has 2 aromatic carbocycles.